The summed E-state index contributed by atoms with van der Waals surface area (Å²) in [4.78, 5) is 11.8. The van der Waals surface area contributed by atoms with Gasteiger partial charge in [-0.2, -0.15) is 5.26 Å². The number of benzene rings is 1. The quantitative estimate of drug-likeness (QED) is 0.852. The first kappa shape index (κ1) is 11.7. The minimum Gasteiger partial charge on any atom is -0.351 e. The summed E-state index contributed by atoms with van der Waals surface area (Å²) in [5, 5.41) is 11.4. The molecule has 0 heterocycles. The molecule has 78 valence electrons. The maximum Gasteiger partial charge on any atom is 0.251 e. The molecule has 0 saturated carbocycles. The number of rotatable bonds is 3. The van der Waals surface area contributed by atoms with Gasteiger partial charge in [-0.15, -0.1) is 0 Å². The molecule has 0 aromatic heterocycles. The summed E-state index contributed by atoms with van der Waals surface area (Å²) >= 11 is 3.34. The van der Waals surface area contributed by atoms with Crippen LogP contribution in [-0.2, 0) is 0 Å². The summed E-state index contributed by atoms with van der Waals surface area (Å²) in [7, 11) is 0. The predicted molar refractivity (Wildman–Crippen MR) is 61.9 cm³/mol. The second-order valence-corrected chi connectivity index (χ2v) is 4.75. The van der Waals surface area contributed by atoms with E-state index in [9.17, 15) is 4.79 Å². The standard InChI is InChI=1S/C11H11BrN2O/c1-8(12)7-14-11(15)10-4-2-3-9(5-10)6-13/h2-5,8H,7H2,1H3,(H,14,15). The van der Waals surface area contributed by atoms with Gasteiger partial charge in [0.2, 0.25) is 0 Å². The van der Waals surface area contributed by atoms with Gasteiger partial charge in [-0.3, -0.25) is 4.79 Å². The summed E-state index contributed by atoms with van der Waals surface area (Å²) in [6.07, 6.45) is 0. The largest absolute Gasteiger partial charge is 0.351 e. The second kappa shape index (κ2) is 5.52. The van der Waals surface area contributed by atoms with E-state index in [2.05, 4.69) is 21.2 Å². The molecule has 1 atom stereocenters. The monoisotopic (exact) mass is 266 g/mol. The molecule has 0 saturated heterocycles. The van der Waals surface area contributed by atoms with Gasteiger partial charge in [0, 0.05) is 16.9 Å². The van der Waals surface area contributed by atoms with Gasteiger partial charge in [-0.25, -0.2) is 0 Å². The highest BCUT2D eigenvalue weighted by Crippen LogP contribution is 2.04. The van der Waals surface area contributed by atoms with Crippen LogP contribution >= 0.6 is 15.9 Å². The first-order valence-corrected chi connectivity index (χ1v) is 5.47. The van der Waals surface area contributed by atoms with Crippen molar-refractivity contribution in [1.82, 2.24) is 5.32 Å². The van der Waals surface area contributed by atoms with Gasteiger partial charge < -0.3 is 5.32 Å². The Balaban J connectivity index is 2.70. The first-order chi connectivity index (χ1) is 7.13. The van der Waals surface area contributed by atoms with Crippen molar-refractivity contribution in [2.75, 3.05) is 6.54 Å². The number of alkyl halides is 1. The van der Waals surface area contributed by atoms with Crippen molar-refractivity contribution in [3.8, 4) is 6.07 Å². The number of carbonyl (C=O) groups excluding carboxylic acids is 1. The van der Waals surface area contributed by atoms with Crippen LogP contribution in [0.5, 0.6) is 0 Å². The van der Waals surface area contributed by atoms with Gasteiger partial charge in [0.05, 0.1) is 11.6 Å². The molecule has 4 heteroatoms. The summed E-state index contributed by atoms with van der Waals surface area (Å²) in [6.45, 7) is 2.52. The van der Waals surface area contributed by atoms with Gasteiger partial charge in [-0.05, 0) is 18.2 Å². The Morgan fingerprint density at radius 1 is 1.67 bits per heavy atom. The highest BCUT2D eigenvalue weighted by atomic mass is 79.9. The van der Waals surface area contributed by atoms with Crippen LogP contribution in [0.4, 0.5) is 0 Å². The van der Waals surface area contributed by atoms with E-state index in [1.54, 1.807) is 24.3 Å². The highest BCUT2D eigenvalue weighted by molar-refractivity contribution is 9.09. The molecular weight excluding hydrogens is 256 g/mol. The van der Waals surface area contributed by atoms with E-state index in [0.29, 0.717) is 17.7 Å². The van der Waals surface area contributed by atoms with Crippen LogP contribution in [0.3, 0.4) is 0 Å². The summed E-state index contributed by atoms with van der Waals surface area (Å²) < 4.78 is 0. The molecule has 1 N–H and O–H groups in total. The Kier molecular flexibility index (Phi) is 4.32. The Bertz CT molecular complexity index is 396. The number of carbonyl (C=O) groups is 1. The van der Waals surface area contributed by atoms with Gasteiger partial charge >= 0.3 is 0 Å². The van der Waals surface area contributed by atoms with Crippen molar-refractivity contribution >= 4 is 21.8 Å². The Hall–Kier alpha value is -1.34. The summed E-state index contributed by atoms with van der Waals surface area (Å²) in [5.41, 5.74) is 1.01. The maximum absolute atomic E-state index is 11.6. The fraction of sp³-hybridized carbons (Fsp3) is 0.273. The van der Waals surface area contributed by atoms with Crippen LogP contribution in [0.2, 0.25) is 0 Å². The number of nitrogens with zero attached hydrogens (tertiary/aromatic N) is 1. The van der Waals surface area contributed by atoms with E-state index in [-0.39, 0.29) is 10.7 Å². The normalized spacial score (nSPS) is 11.5. The Labute approximate surface area is 97.2 Å². The fourth-order valence-electron chi connectivity index (χ4n) is 1.07. The van der Waals surface area contributed by atoms with Crippen LogP contribution in [0, 0.1) is 11.3 Å². The van der Waals surface area contributed by atoms with Gasteiger partial charge in [0.25, 0.3) is 5.91 Å². The van der Waals surface area contributed by atoms with E-state index in [0.717, 1.165) is 0 Å². The van der Waals surface area contributed by atoms with Crippen LogP contribution < -0.4 is 5.32 Å². The molecule has 0 spiro atoms. The van der Waals surface area contributed by atoms with Crippen molar-refractivity contribution < 1.29 is 4.79 Å². The van der Waals surface area contributed by atoms with Gasteiger partial charge in [-0.1, -0.05) is 28.9 Å². The zero-order chi connectivity index (χ0) is 11.3. The molecule has 0 aliphatic carbocycles. The summed E-state index contributed by atoms with van der Waals surface area (Å²) in [6, 6.07) is 8.63. The van der Waals surface area contributed by atoms with E-state index >= 15 is 0 Å². The van der Waals surface area contributed by atoms with E-state index in [1.807, 2.05) is 13.0 Å². The molecule has 0 fully saturated rings. The number of hydrogen-bond acceptors (Lipinski definition) is 2. The number of nitrogens with one attached hydrogen (secondary N) is 1. The van der Waals surface area contributed by atoms with E-state index < -0.39 is 0 Å². The van der Waals surface area contributed by atoms with Crippen molar-refractivity contribution in [2.45, 2.75) is 11.8 Å². The van der Waals surface area contributed by atoms with Crippen molar-refractivity contribution in [3.05, 3.63) is 35.4 Å². The van der Waals surface area contributed by atoms with E-state index in [4.69, 9.17) is 5.26 Å². The van der Waals surface area contributed by atoms with Crippen molar-refractivity contribution in [1.29, 1.82) is 5.26 Å². The zero-order valence-electron chi connectivity index (χ0n) is 8.33. The SMILES string of the molecule is CC(Br)CNC(=O)c1cccc(C#N)c1. The fourth-order valence-corrected chi connectivity index (χ4v) is 1.23. The minimum atomic E-state index is -0.154. The smallest absolute Gasteiger partial charge is 0.251 e. The first-order valence-electron chi connectivity index (χ1n) is 4.56. The molecule has 1 unspecified atom stereocenters. The Morgan fingerprint density at radius 2 is 2.40 bits per heavy atom. The number of hydrogen-bond donors (Lipinski definition) is 1. The van der Waals surface area contributed by atoms with Crippen LogP contribution in [0.15, 0.2) is 24.3 Å². The number of nitriles is 1. The third kappa shape index (κ3) is 3.72. The average molecular weight is 267 g/mol. The lowest BCUT2D eigenvalue weighted by Crippen LogP contribution is -2.28. The number of amides is 1. The minimum absolute atomic E-state index is 0.154. The van der Waals surface area contributed by atoms with Gasteiger partial charge in [0.15, 0.2) is 0 Å². The van der Waals surface area contributed by atoms with Crippen LogP contribution in [-0.4, -0.2) is 17.3 Å². The predicted octanol–water partition coefficient (Wildman–Crippen LogP) is 2.07. The zero-order valence-corrected chi connectivity index (χ0v) is 9.91. The van der Waals surface area contributed by atoms with Crippen LogP contribution in [0.1, 0.15) is 22.8 Å². The van der Waals surface area contributed by atoms with Crippen LogP contribution in [0.25, 0.3) is 0 Å². The third-order valence-corrected chi connectivity index (χ3v) is 2.12. The molecule has 1 rings (SSSR count). The molecular formula is C11H11BrN2O. The molecule has 1 aromatic carbocycles. The topological polar surface area (TPSA) is 52.9 Å². The average Bonchev–Trinajstić information content (AvgIpc) is 2.26. The lowest BCUT2D eigenvalue weighted by atomic mass is 10.1. The van der Waals surface area contributed by atoms with Crippen molar-refractivity contribution in [2.24, 2.45) is 0 Å². The second-order valence-electron chi connectivity index (χ2n) is 3.18. The molecule has 3 nitrogen and oxygen atoms in total. The molecule has 0 aliphatic heterocycles. The lowest BCUT2D eigenvalue weighted by Gasteiger charge is -2.06. The highest BCUT2D eigenvalue weighted by Gasteiger charge is 2.06. The molecule has 0 radical (unpaired) electrons. The lowest BCUT2D eigenvalue weighted by molar-refractivity contribution is 0.0954. The summed E-state index contributed by atoms with van der Waals surface area (Å²) in [5.74, 6) is -0.154. The number of halogens is 1. The maximum atomic E-state index is 11.6. The van der Waals surface area contributed by atoms with Crippen molar-refractivity contribution in [3.63, 3.8) is 0 Å². The molecule has 15 heavy (non-hydrogen) atoms. The van der Waals surface area contributed by atoms with Gasteiger partial charge in [0.1, 0.15) is 0 Å². The Morgan fingerprint density at radius 3 is 3.00 bits per heavy atom. The third-order valence-electron chi connectivity index (χ3n) is 1.80. The molecule has 1 amide bonds. The molecule has 0 bridgehead atoms. The molecule has 1 aromatic rings. The molecule has 0 aliphatic rings. The van der Waals surface area contributed by atoms with E-state index in [1.165, 1.54) is 0 Å².